The van der Waals surface area contributed by atoms with Crippen LogP contribution in [0.25, 0.3) is 10.9 Å². The lowest BCUT2D eigenvalue weighted by Crippen LogP contribution is -2.23. The van der Waals surface area contributed by atoms with Crippen LogP contribution in [0.15, 0.2) is 53.3 Å². The third-order valence-corrected chi connectivity index (χ3v) is 3.91. The number of aromatic nitrogens is 2. The monoisotopic (exact) mass is 341 g/mol. The van der Waals surface area contributed by atoms with Gasteiger partial charge in [0.25, 0.3) is 5.56 Å². The molecule has 0 spiro atoms. The van der Waals surface area contributed by atoms with Crippen LogP contribution in [0.1, 0.15) is 17.8 Å². The van der Waals surface area contributed by atoms with Crippen molar-refractivity contribution >= 4 is 28.4 Å². The van der Waals surface area contributed by atoms with E-state index in [0.717, 1.165) is 5.56 Å². The first-order chi connectivity index (χ1) is 11.6. The topological polar surface area (TPSA) is 74.8 Å². The van der Waals surface area contributed by atoms with E-state index in [9.17, 15) is 9.59 Å². The largest absolute Gasteiger partial charge is 0.352 e. The van der Waals surface area contributed by atoms with Gasteiger partial charge in [0.15, 0.2) is 0 Å². The number of para-hydroxylation sites is 1. The predicted molar refractivity (Wildman–Crippen MR) is 94.0 cm³/mol. The van der Waals surface area contributed by atoms with E-state index in [2.05, 4.69) is 15.3 Å². The highest BCUT2D eigenvalue weighted by atomic mass is 35.5. The smallest absolute Gasteiger partial charge is 0.258 e. The number of amides is 1. The molecule has 0 aliphatic heterocycles. The van der Waals surface area contributed by atoms with Crippen LogP contribution in [0.3, 0.4) is 0 Å². The Morgan fingerprint density at radius 1 is 1.12 bits per heavy atom. The number of H-pyrrole nitrogens is 1. The molecule has 1 heterocycles. The van der Waals surface area contributed by atoms with E-state index in [1.54, 1.807) is 30.3 Å². The van der Waals surface area contributed by atoms with Gasteiger partial charge in [-0.25, -0.2) is 4.98 Å². The lowest BCUT2D eigenvalue weighted by atomic mass is 10.2. The Morgan fingerprint density at radius 2 is 1.88 bits per heavy atom. The van der Waals surface area contributed by atoms with Gasteiger partial charge in [-0.3, -0.25) is 9.59 Å². The van der Waals surface area contributed by atoms with E-state index in [0.29, 0.717) is 34.7 Å². The van der Waals surface area contributed by atoms with Crippen molar-refractivity contribution in [2.45, 2.75) is 19.4 Å². The fourth-order valence-corrected chi connectivity index (χ4v) is 2.50. The van der Waals surface area contributed by atoms with Crippen LogP contribution >= 0.6 is 11.6 Å². The lowest BCUT2D eigenvalue weighted by Gasteiger charge is -2.06. The average Bonchev–Trinajstić information content (AvgIpc) is 2.59. The summed E-state index contributed by atoms with van der Waals surface area (Å²) in [5, 5.41) is 4.05. The first-order valence-corrected chi connectivity index (χ1v) is 7.99. The molecule has 0 saturated carbocycles. The number of aromatic amines is 1. The van der Waals surface area contributed by atoms with Gasteiger partial charge in [-0.1, -0.05) is 35.9 Å². The molecule has 122 valence electrons. The lowest BCUT2D eigenvalue weighted by molar-refractivity contribution is -0.121. The minimum atomic E-state index is -0.183. The Balaban J connectivity index is 1.58. The van der Waals surface area contributed by atoms with Crippen LogP contribution in [0, 0.1) is 0 Å². The molecule has 1 amide bonds. The van der Waals surface area contributed by atoms with Crippen molar-refractivity contribution in [3.63, 3.8) is 0 Å². The summed E-state index contributed by atoms with van der Waals surface area (Å²) in [6.45, 7) is 0.442. The number of nitrogens with zero attached hydrogens (tertiary/aromatic N) is 1. The number of aryl methyl sites for hydroxylation is 1. The van der Waals surface area contributed by atoms with Crippen molar-refractivity contribution in [1.82, 2.24) is 15.3 Å². The van der Waals surface area contributed by atoms with Crippen molar-refractivity contribution in [2.24, 2.45) is 0 Å². The fourth-order valence-electron chi connectivity index (χ4n) is 2.38. The third kappa shape index (κ3) is 4.00. The molecular weight excluding hydrogens is 326 g/mol. The zero-order valence-corrected chi connectivity index (χ0v) is 13.6. The molecule has 0 unspecified atom stereocenters. The molecule has 3 rings (SSSR count). The van der Waals surface area contributed by atoms with Gasteiger partial charge in [0.05, 0.1) is 10.9 Å². The number of rotatable bonds is 5. The fraction of sp³-hybridized carbons (Fsp3) is 0.167. The Labute approximate surface area is 143 Å². The number of hydrogen-bond acceptors (Lipinski definition) is 3. The Bertz CT molecular complexity index is 919. The summed E-state index contributed by atoms with van der Waals surface area (Å²) in [7, 11) is 0. The summed E-state index contributed by atoms with van der Waals surface area (Å²) in [6.07, 6.45) is 0.640. The van der Waals surface area contributed by atoms with Crippen LogP contribution in [0.5, 0.6) is 0 Å². The zero-order chi connectivity index (χ0) is 16.9. The van der Waals surface area contributed by atoms with E-state index >= 15 is 0 Å². The number of carbonyl (C=O) groups excluding carboxylic acids is 1. The maximum absolute atomic E-state index is 12.0. The summed E-state index contributed by atoms with van der Waals surface area (Å²) in [4.78, 5) is 31.0. The van der Waals surface area contributed by atoms with Crippen LogP contribution in [0.2, 0.25) is 5.02 Å². The highest BCUT2D eigenvalue weighted by Gasteiger charge is 2.06. The van der Waals surface area contributed by atoms with Gasteiger partial charge < -0.3 is 10.3 Å². The summed E-state index contributed by atoms with van der Waals surface area (Å²) in [6, 6.07) is 14.4. The van der Waals surface area contributed by atoms with Gasteiger partial charge in [-0.05, 0) is 29.8 Å². The molecular formula is C18H16ClN3O2. The molecule has 6 heteroatoms. The molecule has 3 aromatic rings. The van der Waals surface area contributed by atoms with Crippen molar-refractivity contribution in [3.05, 3.63) is 75.3 Å². The SMILES string of the molecule is O=C(CCc1nc2ccccc2c(=O)[nH]1)NCc1ccc(Cl)cc1. The number of halogens is 1. The van der Waals surface area contributed by atoms with Crippen molar-refractivity contribution in [3.8, 4) is 0 Å². The van der Waals surface area contributed by atoms with Crippen molar-refractivity contribution in [1.29, 1.82) is 0 Å². The molecule has 0 aliphatic carbocycles. The standard InChI is InChI=1S/C18H16ClN3O2/c19-13-7-5-12(6-8-13)11-20-17(23)10-9-16-21-15-4-2-1-3-14(15)18(24)22-16/h1-8H,9-11H2,(H,20,23)(H,21,22,24). The summed E-state index contributed by atoms with van der Waals surface area (Å²) in [5.74, 6) is 0.418. The minimum Gasteiger partial charge on any atom is -0.352 e. The van der Waals surface area contributed by atoms with Crippen LogP contribution in [-0.2, 0) is 17.8 Å². The number of fused-ring (bicyclic) bond motifs is 1. The molecule has 24 heavy (non-hydrogen) atoms. The molecule has 0 bridgehead atoms. The number of hydrogen-bond donors (Lipinski definition) is 2. The second-order valence-electron chi connectivity index (χ2n) is 5.43. The van der Waals surface area contributed by atoms with E-state index in [1.165, 1.54) is 0 Å². The van der Waals surface area contributed by atoms with Gasteiger partial charge in [0.1, 0.15) is 5.82 Å². The zero-order valence-electron chi connectivity index (χ0n) is 12.9. The van der Waals surface area contributed by atoms with Crippen molar-refractivity contribution in [2.75, 3.05) is 0 Å². The first kappa shape index (κ1) is 16.2. The maximum atomic E-state index is 12.0. The van der Waals surface area contributed by atoms with E-state index in [4.69, 9.17) is 11.6 Å². The first-order valence-electron chi connectivity index (χ1n) is 7.61. The number of nitrogens with one attached hydrogen (secondary N) is 2. The Hall–Kier alpha value is -2.66. The van der Waals surface area contributed by atoms with Gasteiger partial charge >= 0.3 is 0 Å². The maximum Gasteiger partial charge on any atom is 0.258 e. The van der Waals surface area contributed by atoms with Gasteiger partial charge in [-0.2, -0.15) is 0 Å². The van der Waals surface area contributed by atoms with Crippen LogP contribution < -0.4 is 10.9 Å². The average molecular weight is 342 g/mol. The van der Waals surface area contributed by atoms with Crippen LogP contribution in [0.4, 0.5) is 0 Å². The number of carbonyl (C=O) groups is 1. The number of benzene rings is 2. The summed E-state index contributed by atoms with van der Waals surface area (Å²) in [5.41, 5.74) is 1.43. The molecule has 2 aromatic carbocycles. The predicted octanol–water partition coefficient (Wildman–Crippen LogP) is 2.83. The molecule has 5 nitrogen and oxygen atoms in total. The summed E-state index contributed by atoms with van der Waals surface area (Å²) >= 11 is 5.82. The second kappa shape index (κ2) is 7.27. The normalized spacial score (nSPS) is 10.7. The van der Waals surface area contributed by atoms with Gasteiger partial charge in [-0.15, -0.1) is 0 Å². The quantitative estimate of drug-likeness (QED) is 0.749. The molecule has 0 fully saturated rings. The Morgan fingerprint density at radius 3 is 2.67 bits per heavy atom. The second-order valence-corrected chi connectivity index (χ2v) is 5.87. The highest BCUT2D eigenvalue weighted by molar-refractivity contribution is 6.30. The molecule has 2 N–H and O–H groups in total. The molecule has 0 saturated heterocycles. The van der Waals surface area contributed by atoms with Crippen LogP contribution in [-0.4, -0.2) is 15.9 Å². The van der Waals surface area contributed by atoms with E-state index in [-0.39, 0.29) is 17.9 Å². The highest BCUT2D eigenvalue weighted by Crippen LogP contribution is 2.09. The third-order valence-electron chi connectivity index (χ3n) is 3.65. The summed E-state index contributed by atoms with van der Waals surface area (Å²) < 4.78 is 0. The van der Waals surface area contributed by atoms with E-state index in [1.807, 2.05) is 18.2 Å². The molecule has 0 aliphatic rings. The molecule has 0 radical (unpaired) electrons. The molecule has 1 aromatic heterocycles. The van der Waals surface area contributed by atoms with Gasteiger partial charge in [0.2, 0.25) is 5.91 Å². The Kier molecular flexibility index (Phi) is 4.91. The van der Waals surface area contributed by atoms with Gasteiger partial charge in [0, 0.05) is 24.4 Å². The molecule has 0 atom stereocenters. The van der Waals surface area contributed by atoms with E-state index < -0.39 is 0 Å². The van der Waals surface area contributed by atoms with Crippen molar-refractivity contribution < 1.29 is 4.79 Å². The minimum absolute atomic E-state index is 0.0965.